The van der Waals surface area contributed by atoms with Crippen molar-refractivity contribution in [2.75, 3.05) is 56.9 Å². The number of hydrogen-bond donors (Lipinski definition) is 3. The number of aryl methyl sites for hydroxylation is 1. The lowest BCUT2D eigenvalue weighted by atomic mass is 10.1. The fraction of sp³-hybridized carbons (Fsp3) is 0.219. The minimum atomic E-state index is -0.560. The third-order valence-corrected chi connectivity index (χ3v) is 7.12. The van der Waals surface area contributed by atoms with E-state index in [2.05, 4.69) is 47.2 Å². The molecule has 12 heteroatoms. The molecule has 0 saturated carbocycles. The zero-order valence-electron chi connectivity index (χ0n) is 25.3. The molecule has 2 aromatic carbocycles. The Hall–Kier alpha value is -5.67. The van der Waals surface area contributed by atoms with Crippen LogP contribution in [-0.4, -0.2) is 76.7 Å². The summed E-state index contributed by atoms with van der Waals surface area (Å²) in [7, 11) is 9.51. The third-order valence-electron chi connectivity index (χ3n) is 7.12. The van der Waals surface area contributed by atoms with Crippen LogP contribution in [0.25, 0.3) is 28.2 Å². The first-order valence-corrected chi connectivity index (χ1v) is 13.9. The standard InChI is InChI=1S/C32H34N10O2/c1-40(2)12-13-41(3)29-16-30(44-5)27(15-26(29)37-31(43)21(17-33)14-22-18-34-20-36-22)39-32-35-11-10-25(38-32)24-19-42(4)28-9-7-6-8-23(24)28/h6-11,14-16,18-20H,12-13H2,1-5H3,(H,34,36)(H,37,43)(H,35,38,39). The molecular weight excluding hydrogens is 556 g/mol. The summed E-state index contributed by atoms with van der Waals surface area (Å²) < 4.78 is 7.83. The Morgan fingerprint density at radius 3 is 2.70 bits per heavy atom. The van der Waals surface area contributed by atoms with Crippen molar-refractivity contribution in [3.63, 3.8) is 0 Å². The number of carbonyl (C=O) groups is 1. The van der Waals surface area contributed by atoms with Crippen LogP contribution in [0.3, 0.4) is 0 Å². The molecule has 0 aliphatic heterocycles. The number of benzene rings is 2. The zero-order valence-corrected chi connectivity index (χ0v) is 25.3. The number of rotatable bonds is 11. The van der Waals surface area contributed by atoms with Gasteiger partial charge in [-0.3, -0.25) is 4.79 Å². The summed E-state index contributed by atoms with van der Waals surface area (Å²) in [5.41, 5.74) is 5.05. The van der Waals surface area contributed by atoms with Gasteiger partial charge in [0.05, 0.1) is 48.1 Å². The van der Waals surface area contributed by atoms with Crippen LogP contribution in [0, 0.1) is 11.3 Å². The summed E-state index contributed by atoms with van der Waals surface area (Å²) in [4.78, 5) is 33.5. The number of fused-ring (bicyclic) bond motifs is 1. The summed E-state index contributed by atoms with van der Waals surface area (Å²) in [6.07, 6.45) is 8.21. The van der Waals surface area contributed by atoms with Gasteiger partial charge < -0.3 is 34.7 Å². The van der Waals surface area contributed by atoms with E-state index in [1.54, 1.807) is 19.4 Å². The number of para-hydroxylation sites is 1. The topological polar surface area (TPSA) is 140 Å². The highest BCUT2D eigenvalue weighted by molar-refractivity contribution is 6.11. The molecule has 1 amide bonds. The van der Waals surface area contributed by atoms with Crippen molar-refractivity contribution in [1.82, 2.24) is 29.4 Å². The number of anilines is 4. The number of amides is 1. The molecule has 0 atom stereocenters. The second-order valence-electron chi connectivity index (χ2n) is 10.5. The molecule has 3 N–H and O–H groups in total. The number of likely N-dealkylation sites (N-methyl/N-ethyl adjacent to an activating group) is 2. The number of aromatic nitrogens is 5. The number of ether oxygens (including phenoxy) is 1. The smallest absolute Gasteiger partial charge is 0.266 e. The summed E-state index contributed by atoms with van der Waals surface area (Å²) in [6, 6.07) is 15.6. The lowest BCUT2D eigenvalue weighted by molar-refractivity contribution is -0.112. The maximum atomic E-state index is 13.3. The normalized spacial score (nSPS) is 11.4. The van der Waals surface area contributed by atoms with E-state index in [1.165, 1.54) is 18.6 Å². The molecule has 0 fully saturated rings. The van der Waals surface area contributed by atoms with Crippen LogP contribution >= 0.6 is 0 Å². The van der Waals surface area contributed by atoms with Gasteiger partial charge in [0.2, 0.25) is 5.95 Å². The number of H-pyrrole nitrogens is 1. The molecule has 44 heavy (non-hydrogen) atoms. The fourth-order valence-corrected chi connectivity index (χ4v) is 4.80. The molecule has 5 aromatic rings. The Morgan fingerprint density at radius 2 is 1.98 bits per heavy atom. The van der Waals surface area contributed by atoms with E-state index in [4.69, 9.17) is 9.72 Å². The molecule has 0 bridgehead atoms. The highest BCUT2D eigenvalue weighted by Crippen LogP contribution is 2.38. The van der Waals surface area contributed by atoms with Crippen LogP contribution < -0.4 is 20.3 Å². The minimum absolute atomic E-state index is 0.0763. The fourth-order valence-electron chi connectivity index (χ4n) is 4.80. The molecule has 0 radical (unpaired) electrons. The molecule has 0 aliphatic rings. The Morgan fingerprint density at radius 1 is 1.16 bits per heavy atom. The second-order valence-corrected chi connectivity index (χ2v) is 10.5. The Kier molecular flexibility index (Phi) is 8.87. The minimum Gasteiger partial charge on any atom is -0.494 e. The number of nitrogens with zero attached hydrogens (tertiary/aromatic N) is 7. The molecule has 12 nitrogen and oxygen atoms in total. The molecule has 3 heterocycles. The first-order chi connectivity index (χ1) is 21.3. The molecule has 0 saturated heterocycles. The van der Waals surface area contributed by atoms with Crippen LogP contribution in [0.5, 0.6) is 5.75 Å². The second kappa shape index (κ2) is 13.1. The number of nitrogens with one attached hydrogen (secondary N) is 3. The summed E-state index contributed by atoms with van der Waals surface area (Å²) in [5.74, 6) is 0.327. The van der Waals surface area contributed by atoms with Crippen molar-refractivity contribution in [2.45, 2.75) is 0 Å². The van der Waals surface area contributed by atoms with E-state index in [-0.39, 0.29) is 5.57 Å². The van der Waals surface area contributed by atoms with Gasteiger partial charge in [-0.2, -0.15) is 5.26 Å². The molecule has 0 unspecified atom stereocenters. The van der Waals surface area contributed by atoms with Gasteiger partial charge in [-0.25, -0.2) is 15.0 Å². The maximum absolute atomic E-state index is 13.3. The number of aromatic amines is 1. The van der Waals surface area contributed by atoms with E-state index >= 15 is 0 Å². The van der Waals surface area contributed by atoms with Gasteiger partial charge in [0.25, 0.3) is 5.91 Å². The van der Waals surface area contributed by atoms with Gasteiger partial charge in [-0.15, -0.1) is 0 Å². The molecule has 3 aromatic heterocycles. The Labute approximate surface area is 255 Å². The highest BCUT2D eigenvalue weighted by Gasteiger charge is 2.19. The van der Waals surface area contributed by atoms with Crippen LogP contribution in [0.15, 0.2) is 73.0 Å². The van der Waals surface area contributed by atoms with Gasteiger partial charge in [0.1, 0.15) is 17.4 Å². The predicted molar refractivity (Wildman–Crippen MR) is 173 cm³/mol. The van der Waals surface area contributed by atoms with Gasteiger partial charge in [-0.05, 0) is 38.4 Å². The largest absolute Gasteiger partial charge is 0.494 e. The lowest BCUT2D eigenvalue weighted by Crippen LogP contribution is -2.29. The van der Waals surface area contributed by atoms with Gasteiger partial charge in [0.15, 0.2) is 0 Å². The van der Waals surface area contributed by atoms with E-state index in [9.17, 15) is 10.1 Å². The van der Waals surface area contributed by atoms with Gasteiger partial charge >= 0.3 is 0 Å². The quantitative estimate of drug-likeness (QED) is 0.148. The maximum Gasteiger partial charge on any atom is 0.266 e. The molecule has 0 spiro atoms. The number of imidazole rings is 1. The van der Waals surface area contributed by atoms with Gasteiger partial charge in [-0.1, -0.05) is 18.2 Å². The molecule has 0 aliphatic carbocycles. The summed E-state index contributed by atoms with van der Waals surface area (Å²) in [6.45, 7) is 1.46. The summed E-state index contributed by atoms with van der Waals surface area (Å²) >= 11 is 0. The first kappa shape index (κ1) is 29.8. The number of carbonyl (C=O) groups excluding carboxylic acids is 1. The molecule has 5 rings (SSSR count). The van der Waals surface area contributed by atoms with Crippen molar-refractivity contribution in [2.24, 2.45) is 7.05 Å². The van der Waals surface area contributed by atoms with E-state index in [0.29, 0.717) is 41.0 Å². The monoisotopic (exact) mass is 590 g/mol. The zero-order chi connectivity index (χ0) is 31.2. The van der Waals surface area contributed by atoms with Crippen LogP contribution in [-0.2, 0) is 11.8 Å². The average Bonchev–Trinajstić information content (AvgIpc) is 3.66. The SMILES string of the molecule is COc1cc(N(C)CCN(C)C)c(NC(=O)C(C#N)=Cc2cnc[nH]2)cc1Nc1nccc(-c2cn(C)c3ccccc23)n1. The highest BCUT2D eigenvalue weighted by atomic mass is 16.5. The third kappa shape index (κ3) is 6.53. The van der Waals surface area contributed by atoms with Crippen LogP contribution in [0.2, 0.25) is 0 Å². The Bertz CT molecular complexity index is 1850. The van der Waals surface area contributed by atoms with Crippen molar-refractivity contribution in [1.29, 1.82) is 5.26 Å². The predicted octanol–water partition coefficient (Wildman–Crippen LogP) is 4.65. The van der Waals surface area contributed by atoms with Crippen molar-refractivity contribution >= 4 is 45.9 Å². The van der Waals surface area contributed by atoms with E-state index < -0.39 is 5.91 Å². The molecular formula is C32H34N10O2. The van der Waals surface area contributed by atoms with E-state index in [0.717, 1.165) is 28.7 Å². The Balaban J connectivity index is 1.51. The molecule has 224 valence electrons. The number of hydrogen-bond acceptors (Lipinski definition) is 9. The van der Waals surface area contributed by atoms with Gasteiger partial charge in [0, 0.05) is 62.1 Å². The number of methoxy groups -OCH3 is 1. The lowest BCUT2D eigenvalue weighted by Gasteiger charge is -2.26. The van der Waals surface area contributed by atoms with E-state index in [1.807, 2.05) is 69.6 Å². The first-order valence-electron chi connectivity index (χ1n) is 13.9. The number of nitriles is 1. The van der Waals surface area contributed by atoms with Crippen molar-refractivity contribution in [3.05, 3.63) is 78.6 Å². The van der Waals surface area contributed by atoms with Crippen molar-refractivity contribution in [3.8, 4) is 23.1 Å². The summed E-state index contributed by atoms with van der Waals surface area (Å²) in [5, 5.41) is 17.0. The van der Waals surface area contributed by atoms with Crippen molar-refractivity contribution < 1.29 is 9.53 Å². The van der Waals surface area contributed by atoms with Crippen LogP contribution in [0.4, 0.5) is 23.0 Å². The van der Waals surface area contributed by atoms with Crippen LogP contribution in [0.1, 0.15) is 5.69 Å². The average molecular weight is 591 g/mol.